The summed E-state index contributed by atoms with van der Waals surface area (Å²) in [7, 11) is 0. The molecule has 0 amide bonds. The second kappa shape index (κ2) is 5.02. The fraction of sp³-hybridized carbons (Fsp3) is 0.438. The van der Waals surface area contributed by atoms with E-state index in [1.54, 1.807) is 0 Å². The minimum absolute atomic E-state index is 0.204. The molecule has 0 radical (unpaired) electrons. The molecule has 20 heavy (non-hydrogen) atoms. The lowest BCUT2D eigenvalue weighted by Gasteiger charge is -2.25. The van der Waals surface area contributed by atoms with Crippen LogP contribution in [0.2, 0.25) is 0 Å². The summed E-state index contributed by atoms with van der Waals surface area (Å²) in [6.07, 6.45) is 4.43. The van der Waals surface area contributed by atoms with Crippen LogP contribution in [0.15, 0.2) is 30.5 Å². The minimum Gasteiger partial charge on any atom is -0.310 e. The second-order valence-electron chi connectivity index (χ2n) is 6.06. The van der Waals surface area contributed by atoms with E-state index in [0.29, 0.717) is 6.04 Å². The maximum atomic E-state index is 13.1. The molecule has 1 aromatic heterocycles. The highest BCUT2D eigenvalue weighted by Gasteiger charge is 2.28. The number of nitrogens with one attached hydrogen (secondary N) is 2. The predicted octanol–water partition coefficient (Wildman–Crippen LogP) is 3.13. The van der Waals surface area contributed by atoms with Gasteiger partial charge in [-0.3, -0.25) is 5.10 Å². The molecule has 3 nitrogen and oxygen atoms in total. The van der Waals surface area contributed by atoms with Gasteiger partial charge in [-0.15, -0.1) is 0 Å². The van der Waals surface area contributed by atoms with Gasteiger partial charge in [-0.1, -0.05) is 26.0 Å². The van der Waals surface area contributed by atoms with Crippen LogP contribution >= 0.6 is 0 Å². The molecule has 3 rings (SSSR count). The molecule has 2 aromatic rings. The monoisotopic (exact) mass is 273 g/mol. The molecule has 0 unspecified atom stereocenters. The first-order valence-corrected chi connectivity index (χ1v) is 7.09. The summed E-state index contributed by atoms with van der Waals surface area (Å²) in [5.41, 5.74) is 3.14. The number of aromatic nitrogens is 2. The zero-order valence-electron chi connectivity index (χ0n) is 11.9. The molecule has 0 atom stereocenters. The number of hydrogen-bond acceptors (Lipinski definition) is 2. The smallest absolute Gasteiger partial charge is 0.123 e. The molecule has 4 heteroatoms. The molecule has 1 aliphatic rings. The maximum absolute atomic E-state index is 13.1. The molecule has 1 saturated carbocycles. The van der Waals surface area contributed by atoms with Gasteiger partial charge in [0.05, 0.1) is 6.20 Å². The molecule has 0 spiro atoms. The second-order valence-corrected chi connectivity index (χ2v) is 6.06. The predicted molar refractivity (Wildman–Crippen MR) is 77.0 cm³/mol. The third-order valence-corrected chi connectivity index (χ3v) is 4.07. The van der Waals surface area contributed by atoms with Crippen molar-refractivity contribution in [2.45, 2.75) is 44.7 Å². The first-order valence-electron chi connectivity index (χ1n) is 7.09. The van der Waals surface area contributed by atoms with E-state index in [-0.39, 0.29) is 11.2 Å². The molecule has 1 aliphatic carbocycles. The Labute approximate surface area is 118 Å². The van der Waals surface area contributed by atoms with Gasteiger partial charge in [0, 0.05) is 29.3 Å². The van der Waals surface area contributed by atoms with Gasteiger partial charge < -0.3 is 5.32 Å². The van der Waals surface area contributed by atoms with Gasteiger partial charge in [0.25, 0.3) is 0 Å². The van der Waals surface area contributed by atoms with E-state index < -0.39 is 0 Å². The number of benzene rings is 1. The van der Waals surface area contributed by atoms with Crippen molar-refractivity contribution in [1.29, 1.82) is 0 Å². The topological polar surface area (TPSA) is 40.7 Å². The van der Waals surface area contributed by atoms with Gasteiger partial charge in [-0.2, -0.15) is 5.10 Å². The molecule has 106 valence electrons. The minimum atomic E-state index is -0.217. The molecule has 1 aromatic carbocycles. The summed E-state index contributed by atoms with van der Waals surface area (Å²) in [4.78, 5) is 0. The average Bonchev–Trinajstić information content (AvgIpc) is 3.13. The van der Waals surface area contributed by atoms with Gasteiger partial charge in [-0.25, -0.2) is 4.39 Å². The summed E-state index contributed by atoms with van der Waals surface area (Å²) < 4.78 is 13.1. The SMILES string of the molecule is CC(C)(c1ccc(F)cc1)c1[nH]ncc1CNC1CC1. The molecule has 1 fully saturated rings. The standard InChI is InChI=1S/C16H20FN3/c1-16(2,12-3-5-13(17)6-4-12)15-11(10-19-20-15)9-18-14-7-8-14/h3-6,10,14,18H,7-9H2,1-2H3,(H,19,20). The Hall–Kier alpha value is -1.68. The van der Waals surface area contributed by atoms with Crippen LogP contribution in [0.1, 0.15) is 43.5 Å². The summed E-state index contributed by atoms with van der Waals surface area (Å²) in [5, 5.41) is 10.8. The third-order valence-electron chi connectivity index (χ3n) is 4.07. The van der Waals surface area contributed by atoms with E-state index in [0.717, 1.165) is 17.8 Å². The van der Waals surface area contributed by atoms with Crippen LogP contribution in [0.4, 0.5) is 4.39 Å². The van der Waals surface area contributed by atoms with E-state index in [1.807, 2.05) is 18.3 Å². The molecular weight excluding hydrogens is 253 g/mol. The van der Waals surface area contributed by atoms with Crippen molar-refractivity contribution in [2.75, 3.05) is 0 Å². The normalized spacial score (nSPS) is 15.6. The molecule has 0 saturated heterocycles. The van der Waals surface area contributed by atoms with Gasteiger partial charge in [0.1, 0.15) is 5.82 Å². The van der Waals surface area contributed by atoms with Crippen LogP contribution in [-0.4, -0.2) is 16.2 Å². The molecule has 2 N–H and O–H groups in total. The van der Waals surface area contributed by atoms with Gasteiger partial charge >= 0.3 is 0 Å². The molecular formula is C16H20FN3. The van der Waals surface area contributed by atoms with Crippen LogP contribution in [0, 0.1) is 5.82 Å². The number of nitrogens with zero attached hydrogens (tertiary/aromatic N) is 1. The van der Waals surface area contributed by atoms with Crippen molar-refractivity contribution < 1.29 is 4.39 Å². The van der Waals surface area contributed by atoms with E-state index in [2.05, 4.69) is 29.4 Å². The highest BCUT2D eigenvalue weighted by molar-refractivity contribution is 5.37. The van der Waals surface area contributed by atoms with E-state index in [9.17, 15) is 4.39 Å². The number of hydrogen-bond donors (Lipinski definition) is 2. The van der Waals surface area contributed by atoms with Crippen molar-refractivity contribution >= 4 is 0 Å². The van der Waals surface area contributed by atoms with Crippen molar-refractivity contribution in [2.24, 2.45) is 0 Å². The molecule has 1 heterocycles. The van der Waals surface area contributed by atoms with E-state index in [4.69, 9.17) is 0 Å². The summed E-state index contributed by atoms with van der Waals surface area (Å²) in [6.45, 7) is 5.10. The fourth-order valence-electron chi connectivity index (χ4n) is 2.54. The first kappa shape index (κ1) is 13.3. The summed E-state index contributed by atoms with van der Waals surface area (Å²) in [6, 6.07) is 7.37. The average molecular weight is 273 g/mol. The Balaban J connectivity index is 1.85. The van der Waals surface area contributed by atoms with Gasteiger partial charge in [0.2, 0.25) is 0 Å². The maximum Gasteiger partial charge on any atom is 0.123 e. The summed E-state index contributed by atoms with van der Waals surface area (Å²) in [5.74, 6) is -0.204. The Kier molecular flexibility index (Phi) is 3.34. The zero-order chi connectivity index (χ0) is 14.2. The lowest BCUT2D eigenvalue weighted by molar-refractivity contribution is 0.587. The van der Waals surface area contributed by atoms with Gasteiger partial charge in [-0.05, 0) is 30.5 Å². The molecule has 0 bridgehead atoms. The largest absolute Gasteiger partial charge is 0.310 e. The number of rotatable bonds is 5. The van der Waals surface area contributed by atoms with E-state index >= 15 is 0 Å². The number of H-pyrrole nitrogens is 1. The van der Waals surface area contributed by atoms with Crippen LogP contribution in [-0.2, 0) is 12.0 Å². The third kappa shape index (κ3) is 2.61. The van der Waals surface area contributed by atoms with Crippen LogP contribution < -0.4 is 5.32 Å². The Morgan fingerprint density at radius 1 is 1.30 bits per heavy atom. The lowest BCUT2D eigenvalue weighted by Crippen LogP contribution is -2.24. The zero-order valence-corrected chi connectivity index (χ0v) is 11.9. The quantitative estimate of drug-likeness (QED) is 0.878. The first-order chi connectivity index (χ1) is 9.57. The number of halogens is 1. The van der Waals surface area contributed by atoms with Crippen molar-refractivity contribution in [1.82, 2.24) is 15.5 Å². The van der Waals surface area contributed by atoms with Gasteiger partial charge in [0.15, 0.2) is 0 Å². The van der Waals surface area contributed by atoms with Crippen LogP contribution in [0.25, 0.3) is 0 Å². The Morgan fingerprint density at radius 3 is 2.65 bits per heavy atom. The lowest BCUT2D eigenvalue weighted by atomic mass is 9.80. The molecule has 0 aliphatic heterocycles. The van der Waals surface area contributed by atoms with E-state index in [1.165, 1.54) is 30.5 Å². The highest BCUT2D eigenvalue weighted by Crippen LogP contribution is 2.32. The fourth-order valence-corrected chi connectivity index (χ4v) is 2.54. The highest BCUT2D eigenvalue weighted by atomic mass is 19.1. The summed E-state index contributed by atoms with van der Waals surface area (Å²) >= 11 is 0. The van der Waals surface area contributed by atoms with Crippen LogP contribution in [0.5, 0.6) is 0 Å². The number of aromatic amines is 1. The Bertz CT molecular complexity index is 582. The van der Waals surface area contributed by atoms with Crippen molar-refractivity contribution in [3.8, 4) is 0 Å². The Morgan fingerprint density at radius 2 is 2.00 bits per heavy atom. The van der Waals surface area contributed by atoms with Crippen molar-refractivity contribution in [3.63, 3.8) is 0 Å². The van der Waals surface area contributed by atoms with Crippen molar-refractivity contribution in [3.05, 3.63) is 53.1 Å². The van der Waals surface area contributed by atoms with Crippen LogP contribution in [0.3, 0.4) is 0 Å².